The molecule has 0 aliphatic carbocycles. The van der Waals surface area contributed by atoms with Crippen molar-refractivity contribution in [1.82, 2.24) is 20.2 Å². The van der Waals surface area contributed by atoms with Crippen molar-refractivity contribution in [1.29, 1.82) is 0 Å². The van der Waals surface area contributed by atoms with Crippen molar-refractivity contribution in [2.45, 2.75) is 25.3 Å². The van der Waals surface area contributed by atoms with Crippen molar-refractivity contribution in [2.24, 2.45) is 0 Å². The van der Waals surface area contributed by atoms with Crippen molar-refractivity contribution in [3.8, 4) is 0 Å². The average molecular weight is 368 g/mol. The van der Waals surface area contributed by atoms with Gasteiger partial charge >= 0.3 is 0 Å². The summed E-state index contributed by atoms with van der Waals surface area (Å²) in [6, 6.07) is 8.15. The Morgan fingerprint density at radius 3 is 3.15 bits per heavy atom. The van der Waals surface area contributed by atoms with Gasteiger partial charge in [0, 0.05) is 37.5 Å². The maximum atomic E-state index is 13.3. The van der Waals surface area contributed by atoms with E-state index in [0.29, 0.717) is 36.6 Å². The summed E-state index contributed by atoms with van der Waals surface area (Å²) >= 11 is 0. The van der Waals surface area contributed by atoms with Gasteiger partial charge in [-0.05, 0) is 43.1 Å². The van der Waals surface area contributed by atoms with Crippen molar-refractivity contribution in [2.75, 3.05) is 19.6 Å². The molecule has 0 bridgehead atoms. The number of rotatable bonds is 5. The molecule has 1 N–H and O–H groups in total. The first-order chi connectivity index (χ1) is 13.2. The number of likely N-dealkylation sites (tertiary alicyclic amines) is 1. The van der Waals surface area contributed by atoms with E-state index >= 15 is 0 Å². The Kier molecular flexibility index (Phi) is 5.11. The van der Waals surface area contributed by atoms with E-state index in [1.165, 1.54) is 12.1 Å². The van der Waals surface area contributed by atoms with Crippen LogP contribution in [0.4, 0.5) is 4.39 Å². The predicted octanol–water partition coefficient (Wildman–Crippen LogP) is 2.86. The van der Waals surface area contributed by atoms with Crippen LogP contribution in [0.15, 0.2) is 47.1 Å². The largest absolute Gasteiger partial charge is 0.440 e. The number of pyridine rings is 1. The highest BCUT2D eigenvalue weighted by Crippen LogP contribution is 2.29. The molecule has 1 atom stereocenters. The van der Waals surface area contributed by atoms with Crippen LogP contribution in [-0.2, 0) is 11.3 Å². The fourth-order valence-electron chi connectivity index (χ4n) is 3.45. The molecular formula is C20H21FN4O2. The summed E-state index contributed by atoms with van der Waals surface area (Å²) in [4.78, 5) is 22.9. The molecule has 27 heavy (non-hydrogen) atoms. The first-order valence-corrected chi connectivity index (χ1v) is 9.11. The lowest BCUT2D eigenvalue weighted by atomic mass is 9.98. The van der Waals surface area contributed by atoms with Crippen molar-refractivity contribution in [3.63, 3.8) is 0 Å². The summed E-state index contributed by atoms with van der Waals surface area (Å²) in [6.07, 6.45) is 5.36. The predicted molar refractivity (Wildman–Crippen MR) is 98.5 cm³/mol. The van der Waals surface area contributed by atoms with Gasteiger partial charge in [0.25, 0.3) is 0 Å². The van der Waals surface area contributed by atoms with E-state index in [0.717, 1.165) is 24.9 Å². The van der Waals surface area contributed by atoms with Gasteiger partial charge < -0.3 is 9.73 Å². The van der Waals surface area contributed by atoms with Crippen LogP contribution in [-0.4, -0.2) is 40.4 Å². The number of amides is 1. The van der Waals surface area contributed by atoms with Gasteiger partial charge in [0.1, 0.15) is 11.3 Å². The Bertz CT molecular complexity index is 928. The van der Waals surface area contributed by atoms with Gasteiger partial charge in [0.15, 0.2) is 11.5 Å². The summed E-state index contributed by atoms with van der Waals surface area (Å²) in [5, 5.41) is 2.93. The number of piperidine rings is 1. The maximum Gasteiger partial charge on any atom is 0.234 e. The van der Waals surface area contributed by atoms with Gasteiger partial charge in [-0.15, -0.1) is 0 Å². The molecule has 3 aromatic rings. The molecular weight excluding hydrogens is 347 g/mol. The quantitative estimate of drug-likeness (QED) is 0.750. The molecule has 7 heteroatoms. The summed E-state index contributed by atoms with van der Waals surface area (Å²) in [5.41, 5.74) is 2.11. The maximum absolute atomic E-state index is 13.3. The van der Waals surface area contributed by atoms with Crippen molar-refractivity contribution < 1.29 is 13.6 Å². The number of nitrogens with one attached hydrogen (secondary N) is 1. The summed E-state index contributed by atoms with van der Waals surface area (Å²) < 4.78 is 19.1. The third kappa shape index (κ3) is 4.31. The highest BCUT2D eigenvalue weighted by molar-refractivity contribution is 5.78. The molecule has 1 saturated heterocycles. The van der Waals surface area contributed by atoms with Crippen LogP contribution in [0.3, 0.4) is 0 Å². The second kappa shape index (κ2) is 7.84. The van der Waals surface area contributed by atoms with Gasteiger partial charge in [-0.25, -0.2) is 9.37 Å². The molecule has 0 saturated carbocycles. The Labute approximate surface area is 156 Å². The fraction of sp³-hybridized carbons (Fsp3) is 0.350. The normalized spacial score (nSPS) is 17.9. The highest BCUT2D eigenvalue weighted by Gasteiger charge is 2.26. The lowest BCUT2D eigenvalue weighted by Gasteiger charge is -2.30. The van der Waals surface area contributed by atoms with Crippen LogP contribution < -0.4 is 5.32 Å². The number of oxazole rings is 1. The Morgan fingerprint density at radius 2 is 2.30 bits per heavy atom. The first kappa shape index (κ1) is 17.6. The van der Waals surface area contributed by atoms with E-state index < -0.39 is 0 Å². The minimum atomic E-state index is -0.333. The molecule has 1 amide bonds. The molecule has 3 heterocycles. The number of carbonyl (C=O) groups is 1. The standard InChI is InChI=1S/C20H21FN4O2/c21-16-5-6-17-18(9-16)27-20(24-17)15-4-2-8-25(12-15)13-19(26)23-11-14-3-1-7-22-10-14/h1,3,5-7,9-10,15H,2,4,8,11-13H2,(H,23,26). The molecule has 140 valence electrons. The number of hydrogen-bond acceptors (Lipinski definition) is 5. The van der Waals surface area contributed by atoms with Crippen molar-refractivity contribution in [3.05, 3.63) is 60.0 Å². The summed E-state index contributed by atoms with van der Waals surface area (Å²) in [6.45, 7) is 2.38. The summed E-state index contributed by atoms with van der Waals surface area (Å²) in [5.74, 6) is 0.385. The average Bonchev–Trinajstić information content (AvgIpc) is 3.11. The monoisotopic (exact) mass is 368 g/mol. The molecule has 0 radical (unpaired) electrons. The van der Waals surface area contributed by atoms with Gasteiger partial charge in [0.05, 0.1) is 6.54 Å². The SMILES string of the molecule is O=C(CN1CCCC(c2nc3ccc(F)cc3o2)C1)NCc1cccnc1. The smallest absolute Gasteiger partial charge is 0.234 e. The molecule has 1 fully saturated rings. The van der Waals surface area contributed by atoms with Crippen LogP contribution in [0, 0.1) is 5.82 Å². The number of benzene rings is 1. The zero-order chi connectivity index (χ0) is 18.6. The minimum Gasteiger partial charge on any atom is -0.440 e. The van der Waals surface area contributed by atoms with Gasteiger partial charge in [-0.2, -0.15) is 0 Å². The first-order valence-electron chi connectivity index (χ1n) is 9.11. The zero-order valence-electron chi connectivity index (χ0n) is 14.9. The van der Waals surface area contributed by atoms with E-state index in [-0.39, 0.29) is 17.6 Å². The third-order valence-electron chi connectivity index (χ3n) is 4.80. The fourth-order valence-corrected chi connectivity index (χ4v) is 3.45. The second-order valence-corrected chi connectivity index (χ2v) is 6.88. The molecule has 2 aromatic heterocycles. The lowest BCUT2D eigenvalue weighted by Crippen LogP contribution is -2.41. The zero-order valence-corrected chi connectivity index (χ0v) is 14.9. The van der Waals surface area contributed by atoms with Crippen LogP contribution in [0.5, 0.6) is 0 Å². The number of nitrogens with zero attached hydrogens (tertiary/aromatic N) is 3. The van der Waals surface area contributed by atoms with Gasteiger partial charge in [-0.3, -0.25) is 14.7 Å². The van der Waals surface area contributed by atoms with Crippen LogP contribution in [0.25, 0.3) is 11.1 Å². The van der Waals surface area contributed by atoms with E-state index in [2.05, 4.69) is 20.2 Å². The lowest BCUT2D eigenvalue weighted by molar-refractivity contribution is -0.122. The number of aromatic nitrogens is 2. The van der Waals surface area contributed by atoms with E-state index in [1.807, 2.05) is 12.1 Å². The Balaban J connectivity index is 1.35. The number of halogens is 1. The van der Waals surface area contributed by atoms with E-state index in [4.69, 9.17) is 4.42 Å². The Morgan fingerprint density at radius 1 is 1.37 bits per heavy atom. The molecule has 1 unspecified atom stereocenters. The minimum absolute atomic E-state index is 0.0147. The van der Waals surface area contributed by atoms with Crippen LogP contribution >= 0.6 is 0 Å². The number of fused-ring (bicyclic) bond motifs is 1. The van der Waals surface area contributed by atoms with Crippen LogP contribution in [0.2, 0.25) is 0 Å². The molecule has 1 aromatic carbocycles. The highest BCUT2D eigenvalue weighted by atomic mass is 19.1. The van der Waals surface area contributed by atoms with Gasteiger partial charge in [-0.1, -0.05) is 6.07 Å². The van der Waals surface area contributed by atoms with Crippen LogP contribution in [0.1, 0.15) is 30.2 Å². The Hall–Kier alpha value is -2.80. The second-order valence-electron chi connectivity index (χ2n) is 6.88. The molecule has 1 aliphatic heterocycles. The number of hydrogen-bond donors (Lipinski definition) is 1. The third-order valence-corrected chi connectivity index (χ3v) is 4.80. The molecule has 6 nitrogen and oxygen atoms in total. The van der Waals surface area contributed by atoms with E-state index in [1.54, 1.807) is 18.5 Å². The topological polar surface area (TPSA) is 71.3 Å². The van der Waals surface area contributed by atoms with Crippen molar-refractivity contribution >= 4 is 17.0 Å². The molecule has 0 spiro atoms. The molecule has 1 aliphatic rings. The number of carbonyl (C=O) groups excluding carboxylic acids is 1. The van der Waals surface area contributed by atoms with E-state index in [9.17, 15) is 9.18 Å². The summed E-state index contributed by atoms with van der Waals surface area (Å²) in [7, 11) is 0. The van der Waals surface area contributed by atoms with Gasteiger partial charge in [0.2, 0.25) is 5.91 Å². The molecule has 4 rings (SSSR count).